The van der Waals surface area contributed by atoms with Crippen molar-refractivity contribution in [1.82, 2.24) is 0 Å². The van der Waals surface area contributed by atoms with Crippen molar-refractivity contribution < 1.29 is 9.47 Å². The van der Waals surface area contributed by atoms with Crippen LogP contribution in [-0.2, 0) is 9.47 Å². The molecular weight excluding hydrogens is 296 g/mol. The molecule has 3 aromatic carbocycles. The fourth-order valence-corrected chi connectivity index (χ4v) is 3.04. The van der Waals surface area contributed by atoms with Gasteiger partial charge in [0.1, 0.15) is 18.3 Å². The zero-order valence-electron chi connectivity index (χ0n) is 13.4. The lowest BCUT2D eigenvalue weighted by Crippen LogP contribution is -2.11. The van der Waals surface area contributed by atoms with Crippen LogP contribution < -0.4 is 0 Å². The molecule has 0 aromatic heterocycles. The molecule has 2 heteroatoms. The minimum absolute atomic E-state index is 0.0620. The Hall–Kier alpha value is -2.42. The predicted molar refractivity (Wildman–Crippen MR) is 94.7 cm³/mol. The van der Waals surface area contributed by atoms with Crippen molar-refractivity contribution in [2.45, 2.75) is 18.3 Å². The van der Waals surface area contributed by atoms with E-state index in [9.17, 15) is 0 Å². The van der Waals surface area contributed by atoms with Crippen LogP contribution in [0.3, 0.4) is 0 Å². The van der Waals surface area contributed by atoms with Crippen LogP contribution in [0.5, 0.6) is 0 Å². The van der Waals surface area contributed by atoms with Gasteiger partial charge in [-0.1, -0.05) is 91.0 Å². The van der Waals surface area contributed by atoms with E-state index in [4.69, 9.17) is 9.47 Å². The Kier molecular flexibility index (Phi) is 4.41. The first-order chi connectivity index (χ1) is 11.9. The number of epoxide rings is 1. The lowest BCUT2D eigenvalue weighted by Gasteiger charge is -2.18. The van der Waals surface area contributed by atoms with Crippen molar-refractivity contribution in [1.29, 1.82) is 0 Å². The third-order valence-corrected chi connectivity index (χ3v) is 4.34. The van der Waals surface area contributed by atoms with Gasteiger partial charge in [0.25, 0.3) is 0 Å². The van der Waals surface area contributed by atoms with Crippen molar-refractivity contribution >= 4 is 0 Å². The predicted octanol–water partition coefficient (Wildman–Crippen LogP) is 4.93. The van der Waals surface area contributed by atoms with Crippen LogP contribution in [0, 0.1) is 0 Å². The molecule has 0 spiro atoms. The van der Waals surface area contributed by atoms with E-state index in [1.165, 1.54) is 16.7 Å². The Morgan fingerprint density at radius 3 is 1.75 bits per heavy atom. The van der Waals surface area contributed by atoms with Crippen molar-refractivity contribution in [3.8, 4) is 0 Å². The van der Waals surface area contributed by atoms with E-state index in [0.717, 1.165) is 0 Å². The third-order valence-electron chi connectivity index (χ3n) is 4.34. The number of benzene rings is 3. The van der Waals surface area contributed by atoms with Crippen molar-refractivity contribution in [3.63, 3.8) is 0 Å². The van der Waals surface area contributed by atoms with Gasteiger partial charge in [-0.3, -0.25) is 0 Å². The summed E-state index contributed by atoms with van der Waals surface area (Å²) >= 11 is 0. The number of hydrogen-bond donors (Lipinski definition) is 0. The molecule has 0 unspecified atom stereocenters. The molecule has 0 radical (unpaired) electrons. The van der Waals surface area contributed by atoms with E-state index < -0.39 is 0 Å². The molecule has 1 aliphatic rings. The van der Waals surface area contributed by atoms with Gasteiger partial charge in [-0.2, -0.15) is 0 Å². The second-order valence-electron chi connectivity index (χ2n) is 6.04. The van der Waals surface area contributed by atoms with Gasteiger partial charge in [-0.15, -0.1) is 0 Å². The monoisotopic (exact) mass is 316 g/mol. The van der Waals surface area contributed by atoms with E-state index >= 15 is 0 Å². The number of hydrogen-bond acceptors (Lipinski definition) is 2. The molecule has 2 atom stereocenters. The number of ether oxygens (including phenoxy) is 2. The summed E-state index contributed by atoms with van der Waals surface area (Å²) < 4.78 is 12.1. The lowest BCUT2D eigenvalue weighted by atomic mass is 10.0. The first-order valence-electron chi connectivity index (χ1n) is 8.34. The summed E-state index contributed by atoms with van der Waals surface area (Å²) in [5, 5.41) is 0. The highest BCUT2D eigenvalue weighted by molar-refractivity contribution is 5.30. The van der Waals surface area contributed by atoms with Crippen LogP contribution in [0.15, 0.2) is 91.0 Å². The average Bonchev–Trinajstić information content (AvgIpc) is 3.44. The van der Waals surface area contributed by atoms with Crippen LogP contribution >= 0.6 is 0 Å². The SMILES string of the molecule is c1ccc(C(OC[C@@H]2O[C@H]2c2ccccc2)c2ccccc2)cc1. The molecule has 0 bridgehead atoms. The molecule has 1 aliphatic heterocycles. The maximum atomic E-state index is 6.26. The molecule has 1 fully saturated rings. The summed E-state index contributed by atoms with van der Waals surface area (Å²) in [6.45, 7) is 0.591. The first-order valence-corrected chi connectivity index (χ1v) is 8.34. The highest BCUT2D eigenvalue weighted by Gasteiger charge is 2.40. The minimum atomic E-state index is -0.0620. The Balaban J connectivity index is 1.46. The molecule has 1 saturated heterocycles. The Morgan fingerprint density at radius 1 is 0.708 bits per heavy atom. The smallest absolute Gasteiger partial charge is 0.112 e. The summed E-state index contributed by atoms with van der Waals surface area (Å²) in [5.41, 5.74) is 3.56. The first kappa shape index (κ1) is 15.1. The van der Waals surface area contributed by atoms with Crippen LogP contribution in [0.4, 0.5) is 0 Å². The van der Waals surface area contributed by atoms with E-state index in [-0.39, 0.29) is 18.3 Å². The van der Waals surface area contributed by atoms with Crippen LogP contribution in [0.2, 0.25) is 0 Å². The molecular formula is C22H20O2. The maximum Gasteiger partial charge on any atom is 0.112 e. The van der Waals surface area contributed by atoms with Crippen LogP contribution in [0.1, 0.15) is 28.9 Å². The molecule has 3 aromatic rings. The van der Waals surface area contributed by atoms with Crippen molar-refractivity contribution in [2.75, 3.05) is 6.61 Å². The fourth-order valence-electron chi connectivity index (χ4n) is 3.04. The van der Waals surface area contributed by atoms with Crippen molar-refractivity contribution in [3.05, 3.63) is 108 Å². The Labute approximate surface area is 142 Å². The van der Waals surface area contributed by atoms with Crippen LogP contribution in [0.25, 0.3) is 0 Å². The van der Waals surface area contributed by atoms with E-state index in [0.29, 0.717) is 6.61 Å². The van der Waals surface area contributed by atoms with Gasteiger partial charge < -0.3 is 9.47 Å². The second kappa shape index (κ2) is 7.00. The van der Waals surface area contributed by atoms with E-state index in [1.54, 1.807) is 0 Å². The van der Waals surface area contributed by atoms with Gasteiger partial charge in [-0.25, -0.2) is 0 Å². The van der Waals surface area contributed by atoms with Gasteiger partial charge in [0.2, 0.25) is 0 Å². The van der Waals surface area contributed by atoms with Gasteiger partial charge in [0, 0.05) is 0 Å². The standard InChI is InChI=1S/C22H20O2/c1-4-10-17(11-5-1)21(18-12-6-2-7-13-18)23-16-20-22(24-20)19-14-8-3-9-15-19/h1-15,20-22H,16H2/t20-,22-/m0/s1. The molecule has 120 valence electrons. The summed E-state index contributed by atoms with van der Waals surface area (Å²) in [5.74, 6) is 0. The largest absolute Gasteiger partial charge is 0.366 e. The zero-order valence-corrected chi connectivity index (χ0v) is 13.4. The topological polar surface area (TPSA) is 21.8 Å². The van der Waals surface area contributed by atoms with E-state index in [1.807, 2.05) is 30.3 Å². The van der Waals surface area contributed by atoms with Crippen LogP contribution in [-0.4, -0.2) is 12.7 Å². The Morgan fingerprint density at radius 2 is 1.21 bits per heavy atom. The molecule has 0 N–H and O–H groups in total. The highest BCUT2D eigenvalue weighted by atomic mass is 16.6. The molecule has 4 rings (SSSR count). The molecule has 0 aliphatic carbocycles. The third kappa shape index (κ3) is 3.40. The van der Waals surface area contributed by atoms with E-state index in [2.05, 4.69) is 60.7 Å². The molecule has 1 heterocycles. The Bertz CT molecular complexity index is 716. The normalized spacial score (nSPS) is 19.4. The maximum absolute atomic E-state index is 6.26. The summed E-state index contributed by atoms with van der Waals surface area (Å²) in [6, 6.07) is 31.0. The molecule has 2 nitrogen and oxygen atoms in total. The summed E-state index contributed by atoms with van der Waals surface area (Å²) in [7, 11) is 0. The molecule has 24 heavy (non-hydrogen) atoms. The zero-order chi connectivity index (χ0) is 16.2. The molecule has 0 amide bonds. The average molecular weight is 316 g/mol. The van der Waals surface area contributed by atoms with Crippen molar-refractivity contribution in [2.24, 2.45) is 0 Å². The quantitative estimate of drug-likeness (QED) is 0.601. The van der Waals surface area contributed by atoms with Gasteiger partial charge in [0.05, 0.1) is 6.61 Å². The lowest BCUT2D eigenvalue weighted by molar-refractivity contribution is 0.0672. The van der Waals surface area contributed by atoms with Gasteiger partial charge in [-0.05, 0) is 16.7 Å². The number of rotatable bonds is 6. The minimum Gasteiger partial charge on any atom is -0.366 e. The highest BCUT2D eigenvalue weighted by Crippen LogP contribution is 2.40. The summed E-state index contributed by atoms with van der Waals surface area (Å²) in [6.07, 6.45) is 0.244. The second-order valence-corrected chi connectivity index (χ2v) is 6.04. The van der Waals surface area contributed by atoms with Gasteiger partial charge in [0.15, 0.2) is 0 Å². The molecule has 0 saturated carbocycles. The summed E-state index contributed by atoms with van der Waals surface area (Å²) in [4.78, 5) is 0. The fraction of sp³-hybridized carbons (Fsp3) is 0.182. The van der Waals surface area contributed by atoms with Gasteiger partial charge >= 0.3 is 0 Å².